The van der Waals surface area contributed by atoms with Crippen molar-refractivity contribution >= 4 is 16.5 Å². The van der Waals surface area contributed by atoms with Crippen molar-refractivity contribution < 1.29 is 4.74 Å². The molecule has 0 radical (unpaired) electrons. The summed E-state index contributed by atoms with van der Waals surface area (Å²) >= 11 is 0. The van der Waals surface area contributed by atoms with Gasteiger partial charge in [-0.15, -0.1) is 0 Å². The van der Waals surface area contributed by atoms with Crippen LogP contribution in [0.15, 0.2) is 36.4 Å². The monoisotopic (exact) mass is 213 g/mol. The molecule has 1 aliphatic rings. The van der Waals surface area contributed by atoms with Crippen LogP contribution in [0.2, 0.25) is 0 Å². The molecule has 0 saturated carbocycles. The zero-order valence-electron chi connectivity index (χ0n) is 9.58. The van der Waals surface area contributed by atoms with Crippen LogP contribution in [0.25, 0.3) is 10.8 Å². The van der Waals surface area contributed by atoms with Crippen molar-refractivity contribution in [3.05, 3.63) is 36.4 Å². The van der Waals surface area contributed by atoms with Gasteiger partial charge >= 0.3 is 0 Å². The Morgan fingerprint density at radius 1 is 1.12 bits per heavy atom. The second-order valence-corrected chi connectivity index (χ2v) is 4.96. The lowest BCUT2D eigenvalue weighted by Gasteiger charge is -2.34. The molecule has 2 heteroatoms. The second kappa shape index (κ2) is 3.14. The van der Waals surface area contributed by atoms with E-state index in [1.165, 1.54) is 10.8 Å². The van der Waals surface area contributed by atoms with Gasteiger partial charge in [0.25, 0.3) is 0 Å². The first-order valence-corrected chi connectivity index (χ1v) is 5.58. The van der Waals surface area contributed by atoms with E-state index in [0.29, 0.717) is 6.61 Å². The van der Waals surface area contributed by atoms with Crippen molar-refractivity contribution in [1.29, 1.82) is 0 Å². The Bertz CT molecular complexity index is 545. The first-order valence-electron chi connectivity index (χ1n) is 5.58. The van der Waals surface area contributed by atoms with Crippen LogP contribution in [0.1, 0.15) is 13.8 Å². The molecule has 0 aliphatic carbocycles. The third kappa shape index (κ3) is 1.42. The summed E-state index contributed by atoms with van der Waals surface area (Å²) in [4.78, 5) is 0. The molecule has 2 nitrogen and oxygen atoms in total. The van der Waals surface area contributed by atoms with Crippen LogP contribution in [0.4, 0.5) is 5.69 Å². The van der Waals surface area contributed by atoms with Crippen LogP contribution >= 0.6 is 0 Å². The highest BCUT2D eigenvalue weighted by atomic mass is 16.5. The third-order valence-electron chi connectivity index (χ3n) is 2.93. The molecule has 0 saturated heterocycles. The number of benzene rings is 2. The molecule has 0 atom stereocenters. The Labute approximate surface area is 95.2 Å². The standard InChI is InChI=1S/C14H15NO/c1-14(2)9-16-13-11-6-4-3-5-10(11)7-8-12(13)15-14/h3-8,15H,9H2,1-2H3. The number of nitrogens with one attached hydrogen (secondary N) is 1. The van der Waals surface area contributed by atoms with Gasteiger partial charge in [0.2, 0.25) is 0 Å². The van der Waals surface area contributed by atoms with Crippen LogP contribution in [-0.4, -0.2) is 12.1 Å². The van der Waals surface area contributed by atoms with Gasteiger partial charge in [-0.3, -0.25) is 0 Å². The van der Waals surface area contributed by atoms with Crippen LogP contribution in [-0.2, 0) is 0 Å². The molecular formula is C14H15NO. The van der Waals surface area contributed by atoms with E-state index in [1.54, 1.807) is 0 Å². The fourth-order valence-corrected chi connectivity index (χ4v) is 2.15. The summed E-state index contributed by atoms with van der Waals surface area (Å²) in [7, 11) is 0. The molecule has 0 spiro atoms. The fourth-order valence-electron chi connectivity index (χ4n) is 2.15. The van der Waals surface area contributed by atoms with E-state index in [0.717, 1.165) is 11.4 Å². The maximum atomic E-state index is 5.89. The van der Waals surface area contributed by atoms with E-state index in [4.69, 9.17) is 4.74 Å². The van der Waals surface area contributed by atoms with Crippen LogP contribution in [0.5, 0.6) is 5.75 Å². The molecule has 1 aliphatic heterocycles. The summed E-state index contributed by atoms with van der Waals surface area (Å²) < 4.78 is 5.89. The fraction of sp³-hybridized carbons (Fsp3) is 0.286. The molecule has 0 bridgehead atoms. The molecule has 3 rings (SSSR count). The highest BCUT2D eigenvalue weighted by Crippen LogP contribution is 2.38. The van der Waals surface area contributed by atoms with Crippen LogP contribution in [0, 0.1) is 0 Å². The zero-order chi connectivity index (χ0) is 11.2. The molecule has 2 aromatic rings. The van der Waals surface area contributed by atoms with E-state index < -0.39 is 0 Å². The summed E-state index contributed by atoms with van der Waals surface area (Å²) in [5.74, 6) is 0.984. The van der Waals surface area contributed by atoms with Gasteiger partial charge in [-0.05, 0) is 25.3 Å². The second-order valence-electron chi connectivity index (χ2n) is 4.96. The smallest absolute Gasteiger partial charge is 0.150 e. The SMILES string of the molecule is CC1(C)COc2c(ccc3ccccc23)N1. The van der Waals surface area contributed by atoms with Crippen molar-refractivity contribution in [1.82, 2.24) is 0 Å². The summed E-state index contributed by atoms with van der Waals surface area (Å²) in [5, 5.41) is 5.91. The van der Waals surface area contributed by atoms with Crippen molar-refractivity contribution in [3.63, 3.8) is 0 Å². The van der Waals surface area contributed by atoms with Gasteiger partial charge in [0.05, 0.1) is 11.2 Å². The predicted octanol–water partition coefficient (Wildman–Crippen LogP) is 3.42. The first kappa shape index (κ1) is 9.52. The van der Waals surface area contributed by atoms with E-state index >= 15 is 0 Å². The largest absolute Gasteiger partial charge is 0.488 e. The molecule has 16 heavy (non-hydrogen) atoms. The molecule has 0 amide bonds. The van der Waals surface area contributed by atoms with Gasteiger partial charge in [-0.2, -0.15) is 0 Å². The predicted molar refractivity (Wildman–Crippen MR) is 67.1 cm³/mol. The maximum Gasteiger partial charge on any atom is 0.150 e. The zero-order valence-corrected chi connectivity index (χ0v) is 9.58. The number of fused-ring (bicyclic) bond motifs is 3. The van der Waals surface area contributed by atoms with Crippen molar-refractivity contribution in [3.8, 4) is 5.75 Å². The third-order valence-corrected chi connectivity index (χ3v) is 2.93. The van der Waals surface area contributed by atoms with Gasteiger partial charge in [-0.1, -0.05) is 30.3 Å². The highest BCUT2D eigenvalue weighted by Gasteiger charge is 2.26. The Morgan fingerprint density at radius 2 is 1.94 bits per heavy atom. The molecule has 1 heterocycles. The lowest BCUT2D eigenvalue weighted by molar-refractivity contribution is 0.245. The van der Waals surface area contributed by atoms with Crippen LogP contribution < -0.4 is 10.1 Å². The van der Waals surface area contributed by atoms with E-state index in [1.807, 2.05) is 6.07 Å². The summed E-state index contributed by atoms with van der Waals surface area (Å²) in [6.07, 6.45) is 0. The molecular weight excluding hydrogens is 198 g/mol. The molecule has 2 aromatic carbocycles. The van der Waals surface area contributed by atoms with E-state index in [2.05, 4.69) is 49.5 Å². The quantitative estimate of drug-likeness (QED) is 0.724. The average Bonchev–Trinajstić information content (AvgIpc) is 2.27. The lowest BCUT2D eigenvalue weighted by atomic mass is 10.0. The van der Waals surface area contributed by atoms with Gasteiger partial charge in [0.15, 0.2) is 0 Å². The molecule has 1 N–H and O–H groups in total. The van der Waals surface area contributed by atoms with Gasteiger partial charge < -0.3 is 10.1 Å². The summed E-state index contributed by atoms with van der Waals surface area (Å²) in [6.45, 7) is 4.99. The normalized spacial score (nSPS) is 17.4. The summed E-state index contributed by atoms with van der Waals surface area (Å²) in [6, 6.07) is 12.5. The Kier molecular flexibility index (Phi) is 1.87. The minimum Gasteiger partial charge on any atom is -0.488 e. The van der Waals surface area contributed by atoms with Crippen LogP contribution in [0.3, 0.4) is 0 Å². The minimum absolute atomic E-state index is 0.00938. The number of ether oxygens (including phenoxy) is 1. The first-order chi connectivity index (χ1) is 7.66. The van der Waals surface area contributed by atoms with Crippen molar-refractivity contribution in [2.24, 2.45) is 0 Å². The molecule has 0 unspecified atom stereocenters. The van der Waals surface area contributed by atoms with E-state index in [-0.39, 0.29) is 5.54 Å². The Morgan fingerprint density at radius 3 is 2.81 bits per heavy atom. The number of hydrogen-bond acceptors (Lipinski definition) is 2. The molecule has 0 aromatic heterocycles. The molecule has 82 valence electrons. The van der Waals surface area contributed by atoms with Gasteiger partial charge in [-0.25, -0.2) is 0 Å². The Balaban J connectivity index is 2.22. The number of anilines is 1. The van der Waals surface area contributed by atoms with Gasteiger partial charge in [0.1, 0.15) is 12.4 Å². The average molecular weight is 213 g/mol. The van der Waals surface area contributed by atoms with E-state index in [9.17, 15) is 0 Å². The van der Waals surface area contributed by atoms with Crippen molar-refractivity contribution in [2.45, 2.75) is 19.4 Å². The lowest BCUT2D eigenvalue weighted by Crippen LogP contribution is -2.40. The maximum absolute atomic E-state index is 5.89. The highest BCUT2D eigenvalue weighted by molar-refractivity contribution is 5.93. The summed E-state index contributed by atoms with van der Waals surface area (Å²) in [5.41, 5.74) is 1.10. The topological polar surface area (TPSA) is 21.3 Å². The number of hydrogen-bond donors (Lipinski definition) is 1. The molecule has 0 fully saturated rings. The Hall–Kier alpha value is -1.70. The van der Waals surface area contributed by atoms with Gasteiger partial charge in [0, 0.05) is 5.39 Å². The van der Waals surface area contributed by atoms with Crippen molar-refractivity contribution in [2.75, 3.05) is 11.9 Å². The minimum atomic E-state index is 0.00938. The number of rotatable bonds is 0.